The summed E-state index contributed by atoms with van der Waals surface area (Å²) in [4.78, 5) is 14.2. The number of hydrogen-bond donors (Lipinski definition) is 1. The summed E-state index contributed by atoms with van der Waals surface area (Å²) in [5.74, 6) is 0.208. The Kier molecular flexibility index (Phi) is 3.67. The van der Waals surface area contributed by atoms with Crippen LogP contribution in [0.3, 0.4) is 0 Å². The predicted octanol–water partition coefficient (Wildman–Crippen LogP) is 3.02. The van der Waals surface area contributed by atoms with E-state index in [4.69, 9.17) is 0 Å². The molecule has 2 rings (SSSR count). The topological polar surface area (TPSA) is 32.3 Å². The number of anilines is 2. The van der Waals surface area contributed by atoms with Gasteiger partial charge in [-0.25, -0.2) is 0 Å². The zero-order valence-electron chi connectivity index (χ0n) is 10.6. The fraction of sp³-hybridized carbons (Fsp3) is 0.500. The fourth-order valence-electron chi connectivity index (χ4n) is 2.21. The van der Waals surface area contributed by atoms with Gasteiger partial charge >= 0.3 is 0 Å². The number of unbranched alkanes of at least 4 members (excludes halogenated alkanes) is 1. The lowest BCUT2D eigenvalue weighted by Gasteiger charge is -2.35. The summed E-state index contributed by atoms with van der Waals surface area (Å²) in [7, 11) is 0. The molecule has 92 valence electrons. The molecule has 0 spiro atoms. The number of para-hydroxylation sites is 2. The van der Waals surface area contributed by atoms with Crippen LogP contribution < -0.4 is 10.2 Å². The van der Waals surface area contributed by atoms with Crippen LogP contribution >= 0.6 is 0 Å². The second kappa shape index (κ2) is 5.21. The maximum absolute atomic E-state index is 12.3. The molecule has 3 heteroatoms. The Morgan fingerprint density at radius 3 is 2.76 bits per heavy atom. The third-order valence-corrected chi connectivity index (χ3v) is 3.23. The summed E-state index contributed by atoms with van der Waals surface area (Å²) in [6.07, 6.45) is 2.99. The van der Waals surface area contributed by atoms with Crippen LogP contribution in [0.25, 0.3) is 0 Å². The molecule has 0 radical (unpaired) electrons. The summed E-state index contributed by atoms with van der Waals surface area (Å²) in [6, 6.07) is 7.98. The van der Waals surface area contributed by atoms with Gasteiger partial charge in [-0.2, -0.15) is 0 Å². The molecule has 0 aliphatic carbocycles. The zero-order chi connectivity index (χ0) is 12.3. The van der Waals surface area contributed by atoms with Crippen LogP contribution in [0.2, 0.25) is 0 Å². The Bertz CT molecular complexity index is 403. The van der Waals surface area contributed by atoms with Crippen molar-refractivity contribution in [3.8, 4) is 0 Å². The van der Waals surface area contributed by atoms with E-state index < -0.39 is 0 Å². The van der Waals surface area contributed by atoms with Gasteiger partial charge in [0.05, 0.1) is 11.4 Å². The molecule has 1 aliphatic heterocycles. The molecule has 1 heterocycles. The lowest BCUT2D eigenvalue weighted by atomic mass is 10.1. The van der Waals surface area contributed by atoms with Gasteiger partial charge in [-0.15, -0.1) is 0 Å². The highest BCUT2D eigenvalue weighted by atomic mass is 16.2. The van der Waals surface area contributed by atoms with E-state index in [1.165, 1.54) is 0 Å². The normalized spacial score (nSPS) is 18.8. The zero-order valence-corrected chi connectivity index (χ0v) is 10.6. The summed E-state index contributed by atoms with van der Waals surface area (Å²) in [5, 5.41) is 3.31. The lowest BCUT2D eigenvalue weighted by molar-refractivity contribution is -0.119. The molecular weight excluding hydrogens is 212 g/mol. The van der Waals surface area contributed by atoms with Gasteiger partial charge in [-0.3, -0.25) is 4.79 Å². The Morgan fingerprint density at radius 2 is 2.06 bits per heavy atom. The van der Waals surface area contributed by atoms with Gasteiger partial charge in [-0.05, 0) is 25.0 Å². The standard InChI is InChI=1S/C14H20N2O/c1-3-5-10-16-13-9-7-6-8-12(13)15-11(4-2)14(16)17/h6-9,11,15H,3-5,10H2,1-2H3. The molecule has 0 aromatic heterocycles. The smallest absolute Gasteiger partial charge is 0.249 e. The van der Waals surface area contributed by atoms with E-state index in [0.717, 1.165) is 37.2 Å². The number of hydrogen-bond acceptors (Lipinski definition) is 2. The second-order valence-electron chi connectivity index (χ2n) is 4.47. The van der Waals surface area contributed by atoms with Crippen molar-refractivity contribution in [2.75, 3.05) is 16.8 Å². The van der Waals surface area contributed by atoms with Crippen molar-refractivity contribution in [3.63, 3.8) is 0 Å². The van der Waals surface area contributed by atoms with Crippen molar-refractivity contribution in [3.05, 3.63) is 24.3 Å². The Morgan fingerprint density at radius 1 is 1.29 bits per heavy atom. The summed E-state index contributed by atoms with van der Waals surface area (Å²) < 4.78 is 0. The number of nitrogens with zero attached hydrogens (tertiary/aromatic N) is 1. The summed E-state index contributed by atoms with van der Waals surface area (Å²) in [6.45, 7) is 5.02. The molecular formula is C14H20N2O. The molecule has 1 aromatic carbocycles. The van der Waals surface area contributed by atoms with Crippen LogP contribution in [0.1, 0.15) is 33.1 Å². The maximum Gasteiger partial charge on any atom is 0.249 e. The number of carbonyl (C=O) groups excluding carboxylic acids is 1. The van der Waals surface area contributed by atoms with E-state index in [0.29, 0.717) is 0 Å². The van der Waals surface area contributed by atoms with Crippen molar-refractivity contribution >= 4 is 17.3 Å². The van der Waals surface area contributed by atoms with Crippen LogP contribution in [0.5, 0.6) is 0 Å². The molecule has 0 bridgehead atoms. The minimum Gasteiger partial charge on any atom is -0.372 e. The second-order valence-corrected chi connectivity index (χ2v) is 4.47. The number of amides is 1. The number of fused-ring (bicyclic) bond motifs is 1. The van der Waals surface area contributed by atoms with Crippen LogP contribution in [0.4, 0.5) is 11.4 Å². The first-order valence-corrected chi connectivity index (χ1v) is 6.44. The largest absolute Gasteiger partial charge is 0.372 e. The van der Waals surface area contributed by atoms with Gasteiger partial charge < -0.3 is 10.2 Å². The molecule has 0 saturated carbocycles. The number of benzene rings is 1. The minimum absolute atomic E-state index is 0.0678. The van der Waals surface area contributed by atoms with Crippen molar-refractivity contribution < 1.29 is 4.79 Å². The average Bonchev–Trinajstić information content (AvgIpc) is 2.37. The lowest BCUT2D eigenvalue weighted by Crippen LogP contribution is -2.47. The summed E-state index contributed by atoms with van der Waals surface area (Å²) in [5.41, 5.74) is 2.10. The molecule has 0 fully saturated rings. The predicted molar refractivity (Wildman–Crippen MR) is 71.4 cm³/mol. The van der Waals surface area contributed by atoms with E-state index in [-0.39, 0.29) is 11.9 Å². The fourth-order valence-corrected chi connectivity index (χ4v) is 2.21. The number of rotatable bonds is 4. The first kappa shape index (κ1) is 12.0. The first-order chi connectivity index (χ1) is 8.27. The molecule has 17 heavy (non-hydrogen) atoms. The van der Waals surface area contributed by atoms with E-state index >= 15 is 0 Å². The minimum atomic E-state index is -0.0678. The van der Waals surface area contributed by atoms with Gasteiger partial charge in [0.15, 0.2) is 0 Å². The molecule has 3 nitrogen and oxygen atoms in total. The van der Waals surface area contributed by atoms with E-state index in [1.54, 1.807) is 0 Å². The van der Waals surface area contributed by atoms with Crippen molar-refractivity contribution in [1.29, 1.82) is 0 Å². The molecule has 1 N–H and O–H groups in total. The van der Waals surface area contributed by atoms with Crippen LogP contribution in [-0.4, -0.2) is 18.5 Å². The van der Waals surface area contributed by atoms with Crippen LogP contribution in [0.15, 0.2) is 24.3 Å². The maximum atomic E-state index is 12.3. The van der Waals surface area contributed by atoms with Gasteiger partial charge in [0.25, 0.3) is 0 Å². The van der Waals surface area contributed by atoms with E-state index in [9.17, 15) is 4.79 Å². The van der Waals surface area contributed by atoms with Crippen molar-refractivity contribution in [2.24, 2.45) is 0 Å². The number of nitrogens with one attached hydrogen (secondary N) is 1. The number of carbonyl (C=O) groups is 1. The molecule has 1 amide bonds. The van der Waals surface area contributed by atoms with Crippen LogP contribution in [0, 0.1) is 0 Å². The first-order valence-electron chi connectivity index (χ1n) is 6.44. The highest BCUT2D eigenvalue weighted by molar-refractivity contribution is 6.04. The Balaban J connectivity index is 2.30. The van der Waals surface area contributed by atoms with E-state index in [1.807, 2.05) is 36.1 Å². The third-order valence-electron chi connectivity index (χ3n) is 3.23. The molecule has 1 unspecified atom stereocenters. The molecule has 0 saturated heterocycles. The van der Waals surface area contributed by atoms with Crippen molar-refractivity contribution in [2.45, 2.75) is 39.2 Å². The highest BCUT2D eigenvalue weighted by Crippen LogP contribution is 2.31. The highest BCUT2D eigenvalue weighted by Gasteiger charge is 2.30. The van der Waals surface area contributed by atoms with Gasteiger partial charge in [-0.1, -0.05) is 32.4 Å². The molecule has 1 atom stereocenters. The molecule has 1 aromatic rings. The summed E-state index contributed by atoms with van der Waals surface area (Å²) >= 11 is 0. The van der Waals surface area contributed by atoms with Crippen molar-refractivity contribution in [1.82, 2.24) is 0 Å². The van der Waals surface area contributed by atoms with Crippen LogP contribution in [-0.2, 0) is 4.79 Å². The molecule has 1 aliphatic rings. The van der Waals surface area contributed by atoms with E-state index in [2.05, 4.69) is 12.2 Å². The average molecular weight is 232 g/mol. The Labute approximate surface area is 103 Å². The van der Waals surface area contributed by atoms with Gasteiger partial charge in [0.1, 0.15) is 6.04 Å². The quantitative estimate of drug-likeness (QED) is 0.865. The Hall–Kier alpha value is -1.51. The SMILES string of the molecule is CCCCN1C(=O)C(CC)Nc2ccccc21. The monoisotopic (exact) mass is 232 g/mol. The third kappa shape index (κ3) is 2.28. The van der Waals surface area contributed by atoms with Gasteiger partial charge in [0, 0.05) is 6.54 Å². The van der Waals surface area contributed by atoms with Gasteiger partial charge in [0.2, 0.25) is 5.91 Å².